The normalized spacial score (nSPS) is 13.9. The van der Waals surface area contributed by atoms with Crippen LogP contribution in [0.2, 0.25) is 0 Å². The van der Waals surface area contributed by atoms with Gasteiger partial charge < -0.3 is 39.0 Å². The topological polar surface area (TPSA) is 179 Å². The van der Waals surface area contributed by atoms with Crippen molar-refractivity contribution in [2.45, 2.75) is 206 Å². The molecule has 0 aliphatic heterocycles. The summed E-state index contributed by atoms with van der Waals surface area (Å²) in [5.74, 6) is -2.58. The van der Waals surface area contributed by atoms with Crippen molar-refractivity contribution >= 4 is 25.7 Å². The highest BCUT2D eigenvalue weighted by Crippen LogP contribution is 2.38. The molecule has 3 N–H and O–H groups in total. The van der Waals surface area contributed by atoms with Gasteiger partial charge in [0.05, 0.1) is 6.61 Å². The van der Waals surface area contributed by atoms with Crippen LogP contribution in [-0.2, 0) is 37.5 Å². The Labute approximate surface area is 316 Å². The number of rotatable bonds is 39. The number of carboxylic acid groups (broad SMARTS) is 1. The fourth-order valence-electron chi connectivity index (χ4n) is 5.71. The lowest BCUT2D eigenvalue weighted by atomic mass is 10.0. The first-order chi connectivity index (χ1) is 25.1. The third-order valence-corrected chi connectivity index (χ3v) is 9.97. The number of carbonyl (C=O) groups excluding carboxylic acids is 3. The molecule has 0 rings (SSSR count). The molecule has 0 spiro atoms. The first kappa shape index (κ1) is 50.2. The van der Waals surface area contributed by atoms with Gasteiger partial charge >= 0.3 is 11.9 Å². The Hall–Kier alpha value is -1.78. The number of phosphoric ester groups is 1. The van der Waals surface area contributed by atoms with Crippen molar-refractivity contribution in [3.05, 3.63) is 12.2 Å². The molecule has 0 bridgehead atoms. The molecule has 306 valence electrons. The second kappa shape index (κ2) is 36.2. The zero-order chi connectivity index (χ0) is 38.5. The van der Waals surface area contributed by atoms with Gasteiger partial charge in [0.2, 0.25) is 0 Å². The van der Waals surface area contributed by atoms with Gasteiger partial charge in [0.15, 0.2) is 6.10 Å². The minimum Gasteiger partial charge on any atom is -0.756 e. The molecule has 1 unspecified atom stereocenters. The zero-order valence-electron chi connectivity index (χ0n) is 33.0. The molecule has 0 aliphatic carbocycles. The Morgan fingerprint density at radius 1 is 0.577 bits per heavy atom. The van der Waals surface area contributed by atoms with E-state index in [9.17, 15) is 28.9 Å². The van der Waals surface area contributed by atoms with Crippen molar-refractivity contribution in [3.8, 4) is 0 Å². The van der Waals surface area contributed by atoms with E-state index in [4.69, 9.17) is 14.0 Å². The van der Waals surface area contributed by atoms with Crippen LogP contribution < -0.4 is 15.7 Å². The average molecular weight is 761 g/mol. The molecule has 12 heteroatoms. The SMILES string of the molecule is CCCCCCCC/C=C\CCCCCCCC(=O)OC[C@H](COP(=O)([O-])OC[C@H]([NH3+])C(=O)[O-])OC(=O)CCCCCCCCCCCCCCC. The second-order valence-corrected chi connectivity index (χ2v) is 15.6. The van der Waals surface area contributed by atoms with E-state index in [1.54, 1.807) is 0 Å². The number of carbonyl (C=O) groups is 3. The van der Waals surface area contributed by atoms with Crippen LogP contribution in [0.15, 0.2) is 12.2 Å². The molecule has 0 amide bonds. The molecular weight excluding hydrogens is 685 g/mol. The zero-order valence-corrected chi connectivity index (χ0v) is 33.9. The predicted molar refractivity (Wildman–Crippen MR) is 202 cm³/mol. The summed E-state index contributed by atoms with van der Waals surface area (Å²) in [6.07, 6.45) is 34.0. The summed E-state index contributed by atoms with van der Waals surface area (Å²) in [4.78, 5) is 47.9. The Morgan fingerprint density at radius 2 is 0.962 bits per heavy atom. The molecule has 3 atom stereocenters. The van der Waals surface area contributed by atoms with Gasteiger partial charge in [-0.3, -0.25) is 14.2 Å². The summed E-state index contributed by atoms with van der Waals surface area (Å²) in [6, 6.07) is -1.42. The number of carboxylic acids is 1. The highest BCUT2D eigenvalue weighted by Gasteiger charge is 2.22. The van der Waals surface area contributed by atoms with Crippen LogP contribution in [0.4, 0.5) is 0 Å². The molecule has 52 heavy (non-hydrogen) atoms. The number of esters is 2. The van der Waals surface area contributed by atoms with Crippen LogP contribution in [0.1, 0.15) is 194 Å². The van der Waals surface area contributed by atoms with Crippen LogP contribution in [0.5, 0.6) is 0 Å². The molecule has 0 heterocycles. The smallest absolute Gasteiger partial charge is 0.306 e. The molecule has 0 aliphatic rings. The minimum atomic E-state index is -4.95. The van der Waals surface area contributed by atoms with Crippen molar-refractivity contribution in [1.29, 1.82) is 0 Å². The van der Waals surface area contributed by atoms with Crippen LogP contribution in [0.3, 0.4) is 0 Å². The number of ether oxygens (including phenoxy) is 2. The predicted octanol–water partition coefficient (Wildman–Crippen LogP) is 7.82. The molecule has 0 aromatic carbocycles. The largest absolute Gasteiger partial charge is 0.756 e. The fourth-order valence-corrected chi connectivity index (χ4v) is 6.49. The standard InChI is InChI=1S/C40H76NO10P/c1-3-5-7-9-11-13-15-17-18-20-21-23-25-27-29-31-38(42)48-33-36(34-49-52(46,47)50-35-37(41)40(44)45)51-39(43)32-30-28-26-24-22-19-16-14-12-10-8-6-4-2/h17-18,36-37H,3-16,19-35,41H2,1-2H3,(H,44,45)(H,46,47)/p-1/b18-17-/t36-,37+/m1/s1. The van der Waals surface area contributed by atoms with E-state index in [1.165, 1.54) is 96.3 Å². The lowest BCUT2D eigenvalue weighted by Gasteiger charge is -2.26. The third kappa shape index (κ3) is 35.3. The van der Waals surface area contributed by atoms with E-state index >= 15 is 0 Å². The Bertz CT molecular complexity index is 947. The van der Waals surface area contributed by atoms with Crippen molar-refractivity contribution < 1.29 is 53.2 Å². The van der Waals surface area contributed by atoms with Crippen LogP contribution in [-0.4, -0.2) is 49.9 Å². The van der Waals surface area contributed by atoms with Gasteiger partial charge in [-0.1, -0.05) is 154 Å². The summed E-state index contributed by atoms with van der Waals surface area (Å²) in [7, 11) is -4.95. The van der Waals surface area contributed by atoms with Gasteiger partial charge in [-0.15, -0.1) is 0 Å². The number of allylic oxidation sites excluding steroid dienone is 2. The molecular formula is C40H75NO10P-. The maximum Gasteiger partial charge on any atom is 0.306 e. The number of hydrogen-bond acceptors (Lipinski definition) is 10. The molecule has 0 aromatic heterocycles. The van der Waals surface area contributed by atoms with Crippen molar-refractivity contribution in [3.63, 3.8) is 0 Å². The van der Waals surface area contributed by atoms with Crippen molar-refractivity contribution in [2.75, 3.05) is 19.8 Å². The van der Waals surface area contributed by atoms with E-state index in [0.717, 1.165) is 57.8 Å². The van der Waals surface area contributed by atoms with Gasteiger partial charge in [-0.05, 0) is 38.5 Å². The minimum absolute atomic E-state index is 0.150. The van der Waals surface area contributed by atoms with Gasteiger partial charge in [-0.2, -0.15) is 0 Å². The molecule has 0 radical (unpaired) electrons. The van der Waals surface area contributed by atoms with Gasteiger partial charge in [0.1, 0.15) is 25.2 Å². The van der Waals surface area contributed by atoms with Crippen LogP contribution in [0.25, 0.3) is 0 Å². The molecule has 0 fully saturated rings. The summed E-state index contributed by atoms with van der Waals surface area (Å²) in [5.41, 5.74) is 3.24. The van der Waals surface area contributed by atoms with E-state index in [0.29, 0.717) is 12.8 Å². The number of aliphatic carboxylic acids is 1. The first-order valence-corrected chi connectivity index (χ1v) is 22.2. The van der Waals surface area contributed by atoms with Crippen molar-refractivity contribution in [2.24, 2.45) is 0 Å². The number of hydrogen-bond donors (Lipinski definition) is 1. The van der Waals surface area contributed by atoms with E-state index in [1.807, 2.05) is 0 Å². The van der Waals surface area contributed by atoms with E-state index in [-0.39, 0.29) is 19.4 Å². The quantitative estimate of drug-likeness (QED) is 0.0281. The second-order valence-electron chi connectivity index (χ2n) is 14.2. The van der Waals surface area contributed by atoms with E-state index in [2.05, 4.69) is 36.3 Å². The Kier molecular flexibility index (Phi) is 35.0. The van der Waals surface area contributed by atoms with Gasteiger partial charge in [0.25, 0.3) is 7.82 Å². The summed E-state index contributed by atoms with van der Waals surface area (Å²) >= 11 is 0. The van der Waals surface area contributed by atoms with Gasteiger partial charge in [-0.25, -0.2) is 0 Å². The maximum atomic E-state index is 12.6. The Morgan fingerprint density at radius 3 is 1.40 bits per heavy atom. The highest BCUT2D eigenvalue weighted by molar-refractivity contribution is 7.45. The number of unbranched alkanes of at least 4 members (excludes halogenated alkanes) is 23. The lowest BCUT2D eigenvalue weighted by molar-refractivity contribution is -0.441. The maximum absolute atomic E-state index is 12.6. The van der Waals surface area contributed by atoms with E-state index < -0.39 is 51.1 Å². The van der Waals surface area contributed by atoms with Gasteiger partial charge in [0, 0.05) is 12.8 Å². The third-order valence-electron chi connectivity index (χ3n) is 9.04. The van der Waals surface area contributed by atoms with Crippen LogP contribution in [0, 0.1) is 0 Å². The molecule has 0 saturated carbocycles. The Balaban J connectivity index is 4.38. The summed E-state index contributed by atoms with van der Waals surface area (Å²) in [6.45, 7) is 2.69. The summed E-state index contributed by atoms with van der Waals surface area (Å²) < 4.78 is 32.3. The van der Waals surface area contributed by atoms with Crippen molar-refractivity contribution in [1.82, 2.24) is 0 Å². The number of phosphoric acid groups is 1. The summed E-state index contributed by atoms with van der Waals surface area (Å²) in [5, 5.41) is 10.8. The first-order valence-electron chi connectivity index (χ1n) is 20.7. The lowest BCUT2D eigenvalue weighted by Crippen LogP contribution is -2.70. The monoisotopic (exact) mass is 761 g/mol. The highest BCUT2D eigenvalue weighted by atomic mass is 31.2. The fraction of sp³-hybridized carbons (Fsp3) is 0.875. The molecule has 11 nitrogen and oxygen atoms in total. The molecule has 0 aromatic rings. The average Bonchev–Trinajstić information content (AvgIpc) is 3.12. The molecule has 0 saturated heterocycles. The van der Waals surface area contributed by atoms with Crippen LogP contribution >= 0.6 is 7.82 Å². The number of quaternary nitrogens is 1.